The van der Waals surface area contributed by atoms with Gasteiger partial charge in [0.05, 0.1) is 11.0 Å². The Bertz CT molecular complexity index is 1440. The molecule has 0 bridgehead atoms. The zero-order chi connectivity index (χ0) is 22.6. The van der Waals surface area contributed by atoms with Crippen LogP contribution in [0.25, 0.3) is 38.9 Å². The summed E-state index contributed by atoms with van der Waals surface area (Å²) in [5.74, 6) is 0. The van der Waals surface area contributed by atoms with Crippen molar-refractivity contribution in [2.24, 2.45) is 0 Å². The molecule has 0 fully saturated rings. The molecule has 0 saturated carbocycles. The molecule has 3 aromatic heterocycles. The molecule has 3 aromatic carbocycles. The third kappa shape index (κ3) is 4.84. The Morgan fingerprint density at radius 1 is 0.618 bits per heavy atom. The summed E-state index contributed by atoms with van der Waals surface area (Å²) in [6, 6.07) is 37.1. The number of aryl methyl sites for hydroxylation is 2. The standard InChI is InChI=1S/C16H11N3.C14H12.Ir/c1-2-6-12(7-3-1)19-13-8-4-10-17-15(13)16-14(19)9-5-11-18-16;1-11-5-3-7-13(9-11)14-8-4-6-12(2)10-14;/h1-11H;3-6,9-10H,1-2H3;/q;-2;. The summed E-state index contributed by atoms with van der Waals surface area (Å²) >= 11 is 0. The molecule has 34 heavy (non-hydrogen) atoms. The van der Waals surface area contributed by atoms with E-state index in [1.807, 2.05) is 54.9 Å². The Labute approximate surface area is 213 Å². The molecule has 3 nitrogen and oxygen atoms in total. The Morgan fingerprint density at radius 3 is 1.59 bits per heavy atom. The first kappa shape index (κ1) is 23.6. The van der Waals surface area contributed by atoms with E-state index in [1.54, 1.807) is 0 Å². The van der Waals surface area contributed by atoms with Gasteiger partial charge in [-0.25, -0.2) is 11.1 Å². The van der Waals surface area contributed by atoms with Gasteiger partial charge >= 0.3 is 0 Å². The molecule has 6 aromatic rings. The van der Waals surface area contributed by atoms with Gasteiger partial charge < -0.3 is 4.57 Å². The number of hydrogen-bond donors (Lipinski definition) is 0. The molecule has 0 aliphatic heterocycles. The number of para-hydroxylation sites is 1. The van der Waals surface area contributed by atoms with Crippen LogP contribution in [0.4, 0.5) is 0 Å². The molecule has 0 amide bonds. The number of rotatable bonds is 2. The average molecular weight is 618 g/mol. The fraction of sp³-hybridized carbons (Fsp3) is 0.0667. The van der Waals surface area contributed by atoms with Crippen LogP contribution in [0, 0.1) is 26.0 Å². The summed E-state index contributed by atoms with van der Waals surface area (Å²) in [6.07, 6.45) is 3.62. The molecule has 0 atom stereocenters. The van der Waals surface area contributed by atoms with E-state index >= 15 is 0 Å². The topological polar surface area (TPSA) is 30.7 Å². The van der Waals surface area contributed by atoms with Crippen LogP contribution in [0.15, 0.2) is 103 Å². The largest absolute Gasteiger partial charge is 0.306 e. The number of benzene rings is 3. The van der Waals surface area contributed by atoms with Gasteiger partial charge in [-0.15, -0.1) is 23.3 Å². The molecule has 0 aliphatic carbocycles. The van der Waals surface area contributed by atoms with Crippen molar-refractivity contribution in [3.05, 3.63) is 127 Å². The average Bonchev–Trinajstić information content (AvgIpc) is 3.20. The van der Waals surface area contributed by atoms with E-state index in [2.05, 4.69) is 89.0 Å². The summed E-state index contributed by atoms with van der Waals surface area (Å²) < 4.78 is 2.20. The summed E-state index contributed by atoms with van der Waals surface area (Å²) in [5, 5.41) is 0. The number of pyridine rings is 2. The van der Waals surface area contributed by atoms with Crippen LogP contribution >= 0.6 is 0 Å². The minimum Gasteiger partial charge on any atom is -0.306 e. The summed E-state index contributed by atoms with van der Waals surface area (Å²) in [4.78, 5) is 8.94. The van der Waals surface area contributed by atoms with Crippen LogP contribution in [0.5, 0.6) is 0 Å². The van der Waals surface area contributed by atoms with Crippen LogP contribution < -0.4 is 0 Å². The van der Waals surface area contributed by atoms with Crippen molar-refractivity contribution in [2.75, 3.05) is 0 Å². The number of hydrogen-bond acceptors (Lipinski definition) is 2. The third-order valence-electron chi connectivity index (χ3n) is 5.50. The fourth-order valence-electron chi connectivity index (χ4n) is 3.98. The van der Waals surface area contributed by atoms with Crippen molar-refractivity contribution in [3.63, 3.8) is 0 Å². The van der Waals surface area contributed by atoms with Gasteiger partial charge in [0.2, 0.25) is 0 Å². The van der Waals surface area contributed by atoms with Crippen LogP contribution in [0.3, 0.4) is 0 Å². The van der Waals surface area contributed by atoms with E-state index in [4.69, 9.17) is 0 Å². The van der Waals surface area contributed by atoms with Gasteiger partial charge in [0, 0.05) is 38.2 Å². The number of fused-ring (bicyclic) bond motifs is 3. The van der Waals surface area contributed by atoms with Crippen molar-refractivity contribution >= 4 is 22.1 Å². The van der Waals surface area contributed by atoms with E-state index in [-0.39, 0.29) is 20.1 Å². The van der Waals surface area contributed by atoms with E-state index in [1.165, 1.54) is 11.1 Å². The number of aromatic nitrogens is 3. The minimum atomic E-state index is 0. The van der Waals surface area contributed by atoms with Gasteiger partial charge in [-0.1, -0.05) is 32.0 Å². The summed E-state index contributed by atoms with van der Waals surface area (Å²) in [7, 11) is 0. The van der Waals surface area contributed by atoms with Crippen LogP contribution in [0.2, 0.25) is 0 Å². The maximum atomic E-state index is 4.47. The normalized spacial score (nSPS) is 10.4. The number of nitrogens with zero attached hydrogens (tertiary/aromatic N) is 3. The zero-order valence-electron chi connectivity index (χ0n) is 19.0. The predicted molar refractivity (Wildman–Crippen MR) is 135 cm³/mol. The van der Waals surface area contributed by atoms with Crippen LogP contribution in [0.1, 0.15) is 11.1 Å². The van der Waals surface area contributed by atoms with Crippen LogP contribution in [-0.2, 0) is 20.1 Å². The van der Waals surface area contributed by atoms with Crippen molar-refractivity contribution in [1.29, 1.82) is 0 Å². The van der Waals surface area contributed by atoms with E-state index in [9.17, 15) is 0 Å². The molecule has 0 saturated heterocycles. The van der Waals surface area contributed by atoms with Crippen molar-refractivity contribution in [2.45, 2.75) is 13.8 Å². The van der Waals surface area contributed by atoms with Gasteiger partial charge in [-0.05, 0) is 36.4 Å². The van der Waals surface area contributed by atoms with E-state index in [0.717, 1.165) is 38.9 Å². The smallest absolute Gasteiger partial charge is 0.115 e. The maximum absolute atomic E-state index is 4.47. The van der Waals surface area contributed by atoms with Crippen molar-refractivity contribution in [3.8, 4) is 16.8 Å². The first-order valence-corrected chi connectivity index (χ1v) is 10.9. The summed E-state index contributed by atoms with van der Waals surface area (Å²) in [6.45, 7) is 4.18. The monoisotopic (exact) mass is 618 g/mol. The molecule has 0 aliphatic rings. The van der Waals surface area contributed by atoms with Gasteiger partial charge in [0.25, 0.3) is 0 Å². The van der Waals surface area contributed by atoms with Gasteiger partial charge in [0.15, 0.2) is 0 Å². The van der Waals surface area contributed by atoms with Gasteiger partial charge in [-0.2, -0.15) is 36.4 Å². The third-order valence-corrected chi connectivity index (χ3v) is 5.50. The van der Waals surface area contributed by atoms with Gasteiger partial charge in [-0.3, -0.25) is 9.97 Å². The van der Waals surface area contributed by atoms with Crippen molar-refractivity contribution < 1.29 is 20.1 Å². The first-order chi connectivity index (χ1) is 16.2. The quantitative estimate of drug-likeness (QED) is 0.194. The molecule has 169 valence electrons. The molecule has 0 N–H and O–H groups in total. The zero-order valence-corrected chi connectivity index (χ0v) is 21.4. The van der Waals surface area contributed by atoms with E-state index in [0.29, 0.717) is 0 Å². The Balaban J connectivity index is 0.000000164. The Kier molecular flexibility index (Phi) is 7.32. The van der Waals surface area contributed by atoms with E-state index < -0.39 is 0 Å². The second-order valence-corrected chi connectivity index (χ2v) is 7.97. The predicted octanol–water partition coefficient (Wildman–Crippen LogP) is 7.14. The minimum absolute atomic E-state index is 0. The molecule has 0 unspecified atom stereocenters. The Hall–Kier alpha value is -3.59. The molecule has 0 spiro atoms. The molecule has 4 heteroatoms. The molecule has 6 rings (SSSR count). The molecular weight excluding hydrogens is 595 g/mol. The fourth-order valence-corrected chi connectivity index (χ4v) is 3.98. The van der Waals surface area contributed by atoms with Crippen molar-refractivity contribution in [1.82, 2.24) is 14.5 Å². The molecule has 3 heterocycles. The Morgan fingerprint density at radius 2 is 1.12 bits per heavy atom. The first-order valence-electron chi connectivity index (χ1n) is 10.9. The summed E-state index contributed by atoms with van der Waals surface area (Å²) in [5.41, 5.74) is 9.95. The molecule has 1 radical (unpaired) electrons. The van der Waals surface area contributed by atoms with Crippen LogP contribution in [-0.4, -0.2) is 14.5 Å². The second kappa shape index (κ2) is 10.6. The SMILES string of the molecule is Cc1cc[c-]c(-c2[c-]ccc(C)c2)c1.[Ir].c1ccc(-n2c3cccnc3c3ncccc32)cc1. The maximum Gasteiger partial charge on any atom is 0.115 e. The van der Waals surface area contributed by atoms with Gasteiger partial charge in [0.1, 0.15) is 11.0 Å². The molecular formula is C30H23IrN3-2. The second-order valence-electron chi connectivity index (χ2n) is 7.97.